The van der Waals surface area contributed by atoms with Gasteiger partial charge in [-0.05, 0) is 30.9 Å². The molecule has 102 valence electrons. The van der Waals surface area contributed by atoms with Crippen molar-refractivity contribution < 1.29 is 22.1 Å². The lowest BCUT2D eigenvalue weighted by molar-refractivity contribution is 0.284. The van der Waals surface area contributed by atoms with Crippen LogP contribution in [0.1, 0.15) is 26.7 Å². The Morgan fingerprint density at radius 1 is 1.22 bits per heavy atom. The third-order valence-electron chi connectivity index (χ3n) is 2.52. The quantitative estimate of drug-likeness (QED) is 0.432. The summed E-state index contributed by atoms with van der Waals surface area (Å²) in [5.74, 6) is -0.595. The second-order valence-corrected chi connectivity index (χ2v) is 4.65. The van der Waals surface area contributed by atoms with Crippen molar-refractivity contribution in [1.82, 2.24) is 0 Å². The van der Waals surface area contributed by atoms with Gasteiger partial charge >= 0.3 is 6.98 Å². The fourth-order valence-electron chi connectivity index (χ4n) is 1.51. The summed E-state index contributed by atoms with van der Waals surface area (Å²) >= 11 is 0. The van der Waals surface area contributed by atoms with Crippen LogP contribution in [0.25, 0.3) is 0 Å². The van der Waals surface area contributed by atoms with Crippen LogP contribution < -0.4 is 10.2 Å². The summed E-state index contributed by atoms with van der Waals surface area (Å²) in [4.78, 5) is 0. The molecule has 1 aromatic carbocycles. The van der Waals surface area contributed by atoms with Crippen LogP contribution in [0.3, 0.4) is 0 Å². The molecule has 0 heterocycles. The van der Waals surface area contributed by atoms with E-state index in [4.69, 9.17) is 4.74 Å². The van der Waals surface area contributed by atoms with Crippen molar-refractivity contribution >= 4 is 12.4 Å². The first kappa shape index (κ1) is 14.9. The second kappa shape index (κ2) is 6.11. The fraction of sp³-hybridized carbons (Fsp3) is 0.500. The molecule has 1 nitrogen and oxygen atoms in total. The molecule has 0 aromatic heterocycles. The molecule has 0 aliphatic heterocycles. The summed E-state index contributed by atoms with van der Waals surface area (Å²) in [7, 11) is 0. The zero-order chi connectivity index (χ0) is 13.8. The summed E-state index contributed by atoms with van der Waals surface area (Å²) in [6, 6.07) is 2.25. The maximum Gasteiger partial charge on any atom is 0.509 e. The van der Waals surface area contributed by atoms with Crippen LogP contribution in [0.15, 0.2) is 18.2 Å². The fourth-order valence-corrected chi connectivity index (χ4v) is 1.51. The first-order chi connectivity index (χ1) is 8.30. The summed E-state index contributed by atoms with van der Waals surface area (Å²) in [6.45, 7) is -0.824. The smallest absolute Gasteiger partial charge is 0.491 e. The number of hydrogen-bond acceptors (Lipinski definition) is 1. The summed E-state index contributed by atoms with van der Waals surface area (Å²) in [6.07, 6.45) is 1.59. The predicted octanol–water partition coefficient (Wildman–Crippen LogP) is 3.70. The molecular formula is C12H16BF4O-. The van der Waals surface area contributed by atoms with E-state index in [0.29, 0.717) is 12.3 Å². The second-order valence-electron chi connectivity index (χ2n) is 4.65. The van der Waals surface area contributed by atoms with Crippen molar-refractivity contribution in [2.75, 3.05) is 6.61 Å². The van der Waals surface area contributed by atoms with E-state index in [1.54, 1.807) is 0 Å². The van der Waals surface area contributed by atoms with E-state index in [9.17, 15) is 17.3 Å². The van der Waals surface area contributed by atoms with Gasteiger partial charge in [-0.3, -0.25) is 0 Å². The minimum atomic E-state index is -5.12. The standard InChI is InChI=1S/C12H16BF4O/c1-9(2)4-3-7-18-12-8-10(13(15,16)17)5-6-11(12)14/h5-6,8-9H,3-4,7H2,1-2H3/q-1. The van der Waals surface area contributed by atoms with Gasteiger partial charge in [-0.15, -0.1) is 5.46 Å². The van der Waals surface area contributed by atoms with Gasteiger partial charge in [0.1, 0.15) is 0 Å². The number of benzene rings is 1. The molecule has 0 unspecified atom stereocenters. The molecule has 0 bridgehead atoms. The highest BCUT2D eigenvalue weighted by Gasteiger charge is 2.26. The molecule has 0 amide bonds. The number of rotatable bonds is 6. The maximum atomic E-state index is 13.3. The first-order valence-corrected chi connectivity index (χ1v) is 5.93. The minimum absolute atomic E-state index is 0.226. The summed E-state index contributed by atoms with van der Waals surface area (Å²) in [5, 5.41) is 0. The van der Waals surface area contributed by atoms with Gasteiger partial charge in [0, 0.05) is 0 Å². The Kier molecular flexibility index (Phi) is 5.05. The highest BCUT2D eigenvalue weighted by molar-refractivity contribution is 6.73. The van der Waals surface area contributed by atoms with Gasteiger partial charge in [0.25, 0.3) is 0 Å². The zero-order valence-corrected chi connectivity index (χ0v) is 10.4. The zero-order valence-electron chi connectivity index (χ0n) is 10.4. The lowest BCUT2D eigenvalue weighted by Crippen LogP contribution is -2.34. The Bertz CT molecular complexity index is 390. The van der Waals surface area contributed by atoms with Crippen LogP contribution in [0.5, 0.6) is 5.75 Å². The molecule has 0 fully saturated rings. The van der Waals surface area contributed by atoms with E-state index in [1.165, 1.54) is 0 Å². The van der Waals surface area contributed by atoms with Crippen molar-refractivity contribution in [3.63, 3.8) is 0 Å². The Hall–Kier alpha value is -1.20. The van der Waals surface area contributed by atoms with E-state index in [0.717, 1.165) is 24.6 Å². The topological polar surface area (TPSA) is 9.23 Å². The van der Waals surface area contributed by atoms with E-state index >= 15 is 0 Å². The maximum absolute atomic E-state index is 13.3. The SMILES string of the molecule is CC(C)CCCOc1cc([B-](F)(F)F)ccc1F. The Morgan fingerprint density at radius 2 is 1.89 bits per heavy atom. The van der Waals surface area contributed by atoms with Crippen molar-refractivity contribution in [1.29, 1.82) is 0 Å². The Balaban J connectivity index is 2.64. The predicted molar refractivity (Wildman–Crippen MR) is 64.7 cm³/mol. The normalized spacial score (nSPS) is 11.9. The largest absolute Gasteiger partial charge is 0.509 e. The monoisotopic (exact) mass is 263 g/mol. The third kappa shape index (κ3) is 4.59. The van der Waals surface area contributed by atoms with Crippen LogP contribution in [-0.4, -0.2) is 13.6 Å². The molecule has 0 N–H and O–H groups in total. The molecule has 0 saturated carbocycles. The number of halogens is 4. The lowest BCUT2D eigenvalue weighted by Gasteiger charge is -2.16. The Labute approximate surface area is 104 Å². The molecule has 0 aliphatic rings. The van der Waals surface area contributed by atoms with Crippen molar-refractivity contribution in [2.24, 2.45) is 5.92 Å². The molecule has 0 aliphatic carbocycles. The van der Waals surface area contributed by atoms with E-state index in [2.05, 4.69) is 0 Å². The lowest BCUT2D eigenvalue weighted by atomic mass is 9.80. The highest BCUT2D eigenvalue weighted by Crippen LogP contribution is 2.19. The van der Waals surface area contributed by atoms with E-state index in [-0.39, 0.29) is 12.4 Å². The van der Waals surface area contributed by atoms with Gasteiger partial charge in [0.2, 0.25) is 0 Å². The Morgan fingerprint density at radius 3 is 2.44 bits per heavy atom. The number of hydrogen-bond donors (Lipinski definition) is 0. The number of ether oxygens (including phenoxy) is 1. The first-order valence-electron chi connectivity index (χ1n) is 5.93. The van der Waals surface area contributed by atoms with Crippen LogP contribution in [-0.2, 0) is 0 Å². The van der Waals surface area contributed by atoms with Crippen molar-refractivity contribution in [3.05, 3.63) is 24.0 Å². The van der Waals surface area contributed by atoms with Crippen molar-refractivity contribution in [2.45, 2.75) is 26.7 Å². The molecule has 6 heteroatoms. The van der Waals surface area contributed by atoms with E-state index in [1.807, 2.05) is 13.8 Å². The third-order valence-corrected chi connectivity index (χ3v) is 2.52. The average Bonchev–Trinajstić information content (AvgIpc) is 2.24. The molecule has 0 saturated heterocycles. The molecule has 0 spiro atoms. The summed E-state index contributed by atoms with van der Waals surface area (Å²) < 4.78 is 55.8. The van der Waals surface area contributed by atoms with Crippen LogP contribution in [0.4, 0.5) is 17.3 Å². The molecule has 18 heavy (non-hydrogen) atoms. The van der Waals surface area contributed by atoms with Gasteiger partial charge in [-0.1, -0.05) is 19.9 Å². The highest BCUT2D eigenvalue weighted by atomic mass is 19.4. The molecule has 1 rings (SSSR count). The molecule has 0 radical (unpaired) electrons. The van der Waals surface area contributed by atoms with Crippen LogP contribution in [0, 0.1) is 11.7 Å². The van der Waals surface area contributed by atoms with Gasteiger partial charge in [0.15, 0.2) is 11.6 Å². The van der Waals surface area contributed by atoms with Crippen molar-refractivity contribution in [3.8, 4) is 5.75 Å². The van der Waals surface area contributed by atoms with E-state index < -0.39 is 18.3 Å². The molecular weight excluding hydrogens is 247 g/mol. The van der Waals surface area contributed by atoms with Gasteiger partial charge in [0.05, 0.1) is 6.61 Å². The van der Waals surface area contributed by atoms with Gasteiger partial charge in [-0.25, -0.2) is 4.39 Å². The average molecular weight is 263 g/mol. The van der Waals surface area contributed by atoms with Gasteiger partial charge in [-0.2, -0.15) is 0 Å². The molecule has 1 aromatic rings. The van der Waals surface area contributed by atoms with Crippen LogP contribution >= 0.6 is 0 Å². The molecule has 0 atom stereocenters. The van der Waals surface area contributed by atoms with Crippen LogP contribution in [0.2, 0.25) is 0 Å². The van der Waals surface area contributed by atoms with Gasteiger partial charge < -0.3 is 17.7 Å². The summed E-state index contributed by atoms with van der Waals surface area (Å²) in [5.41, 5.74) is -0.838. The minimum Gasteiger partial charge on any atom is -0.491 e.